The monoisotopic (exact) mass is 237 g/mol. The molecule has 0 aliphatic heterocycles. The van der Waals surface area contributed by atoms with Crippen LogP contribution in [0.3, 0.4) is 0 Å². The van der Waals surface area contributed by atoms with Crippen LogP contribution in [0.5, 0.6) is 0 Å². The maximum absolute atomic E-state index is 11.4. The molecule has 16 heavy (non-hydrogen) atoms. The summed E-state index contributed by atoms with van der Waals surface area (Å²) in [6.07, 6.45) is 2.66. The van der Waals surface area contributed by atoms with Gasteiger partial charge < -0.3 is 5.32 Å². The summed E-state index contributed by atoms with van der Waals surface area (Å²) < 4.78 is 0. The number of thioether (sulfide) groups is 1. The Morgan fingerprint density at radius 3 is 2.50 bits per heavy atom. The molecule has 0 aromatic heterocycles. The predicted molar refractivity (Wildman–Crippen MR) is 72.5 cm³/mol. The number of Topliss-reactive ketones (excluding diaryl/α,β-unsaturated/α-hetero) is 1. The highest BCUT2D eigenvalue weighted by molar-refractivity contribution is 7.98. The largest absolute Gasteiger partial charge is 0.382 e. The van der Waals surface area contributed by atoms with Crippen LogP contribution in [0.4, 0.5) is 5.69 Å². The number of hydrogen-bond donors (Lipinski definition) is 1. The Kier molecular flexibility index (Phi) is 5.39. The quantitative estimate of drug-likeness (QED) is 0.768. The molecule has 0 amide bonds. The highest BCUT2D eigenvalue weighted by Gasteiger charge is 2.04. The molecule has 0 aliphatic carbocycles. The van der Waals surface area contributed by atoms with E-state index in [4.69, 9.17) is 0 Å². The normalized spacial score (nSPS) is 12.2. The first-order valence-electron chi connectivity index (χ1n) is 5.56. The van der Waals surface area contributed by atoms with Crippen molar-refractivity contribution in [1.82, 2.24) is 0 Å². The molecule has 1 aromatic carbocycles. The Bertz CT molecular complexity index is 334. The van der Waals surface area contributed by atoms with Crippen molar-refractivity contribution in [3.8, 4) is 0 Å². The zero-order valence-electron chi connectivity index (χ0n) is 10.1. The fourth-order valence-corrected chi connectivity index (χ4v) is 2.12. The smallest absolute Gasteiger partial charge is 0.162 e. The Balaban J connectivity index is 2.61. The first-order valence-corrected chi connectivity index (χ1v) is 6.95. The predicted octanol–water partition coefficient (Wildman–Crippen LogP) is 3.44. The third kappa shape index (κ3) is 3.89. The SMILES string of the molecule is CCC(=O)c1ccc(NC(C)CSC)cc1. The highest BCUT2D eigenvalue weighted by atomic mass is 32.2. The van der Waals surface area contributed by atoms with Crippen molar-refractivity contribution >= 4 is 23.2 Å². The number of hydrogen-bond acceptors (Lipinski definition) is 3. The molecule has 0 saturated carbocycles. The Morgan fingerprint density at radius 2 is 2.00 bits per heavy atom. The van der Waals surface area contributed by atoms with Crippen LogP contribution in [0.15, 0.2) is 24.3 Å². The maximum Gasteiger partial charge on any atom is 0.162 e. The Labute approximate surface area is 102 Å². The van der Waals surface area contributed by atoms with Crippen molar-refractivity contribution < 1.29 is 4.79 Å². The van der Waals surface area contributed by atoms with Gasteiger partial charge in [-0.1, -0.05) is 6.92 Å². The van der Waals surface area contributed by atoms with Crippen molar-refractivity contribution in [3.63, 3.8) is 0 Å². The van der Waals surface area contributed by atoms with Crippen LogP contribution in [0.1, 0.15) is 30.6 Å². The molecule has 0 radical (unpaired) electrons. The van der Waals surface area contributed by atoms with E-state index in [0.717, 1.165) is 17.0 Å². The van der Waals surface area contributed by atoms with Crippen LogP contribution >= 0.6 is 11.8 Å². The number of nitrogens with one attached hydrogen (secondary N) is 1. The minimum Gasteiger partial charge on any atom is -0.382 e. The van der Waals surface area contributed by atoms with Crippen LogP contribution < -0.4 is 5.32 Å². The number of carbonyl (C=O) groups is 1. The summed E-state index contributed by atoms with van der Waals surface area (Å²) in [5.41, 5.74) is 1.87. The van der Waals surface area contributed by atoms with Gasteiger partial charge in [0.2, 0.25) is 0 Å². The highest BCUT2D eigenvalue weighted by Crippen LogP contribution is 2.13. The molecule has 2 nitrogen and oxygen atoms in total. The topological polar surface area (TPSA) is 29.1 Å². The molecule has 0 saturated heterocycles. The molecule has 1 unspecified atom stereocenters. The van der Waals surface area contributed by atoms with Gasteiger partial charge in [-0.15, -0.1) is 0 Å². The molecular weight excluding hydrogens is 218 g/mol. The Morgan fingerprint density at radius 1 is 1.38 bits per heavy atom. The van der Waals surface area contributed by atoms with Gasteiger partial charge in [0.15, 0.2) is 5.78 Å². The molecule has 0 fully saturated rings. The zero-order chi connectivity index (χ0) is 12.0. The van der Waals surface area contributed by atoms with E-state index in [1.54, 1.807) is 0 Å². The van der Waals surface area contributed by atoms with Crippen molar-refractivity contribution in [3.05, 3.63) is 29.8 Å². The third-order valence-corrected chi connectivity index (χ3v) is 3.19. The molecule has 1 N–H and O–H groups in total. The van der Waals surface area contributed by atoms with E-state index in [2.05, 4.69) is 18.5 Å². The third-order valence-electron chi connectivity index (χ3n) is 2.36. The van der Waals surface area contributed by atoms with Crippen molar-refractivity contribution in [1.29, 1.82) is 0 Å². The summed E-state index contributed by atoms with van der Waals surface area (Å²) in [5, 5.41) is 3.39. The van der Waals surface area contributed by atoms with Crippen molar-refractivity contribution in [2.24, 2.45) is 0 Å². The number of carbonyl (C=O) groups excluding carboxylic acids is 1. The molecule has 1 atom stereocenters. The number of anilines is 1. The number of ketones is 1. The molecule has 0 bridgehead atoms. The van der Waals surface area contributed by atoms with Gasteiger partial charge in [0.05, 0.1) is 0 Å². The molecule has 1 aromatic rings. The van der Waals surface area contributed by atoms with Crippen LogP contribution in [0, 0.1) is 0 Å². The molecule has 0 heterocycles. The van der Waals surface area contributed by atoms with Crippen LogP contribution in [-0.2, 0) is 0 Å². The fourth-order valence-electron chi connectivity index (χ4n) is 1.53. The summed E-state index contributed by atoms with van der Waals surface area (Å²) in [5.74, 6) is 1.28. The lowest BCUT2D eigenvalue weighted by Gasteiger charge is -2.14. The van der Waals surface area contributed by atoms with Gasteiger partial charge in [0.25, 0.3) is 0 Å². The average molecular weight is 237 g/mol. The summed E-state index contributed by atoms with van der Waals surface area (Å²) in [4.78, 5) is 11.4. The van der Waals surface area contributed by atoms with Gasteiger partial charge in [-0.25, -0.2) is 0 Å². The second kappa shape index (κ2) is 6.59. The van der Waals surface area contributed by atoms with Crippen LogP contribution in [-0.4, -0.2) is 23.8 Å². The van der Waals surface area contributed by atoms with E-state index in [-0.39, 0.29) is 5.78 Å². The van der Waals surface area contributed by atoms with Crippen molar-refractivity contribution in [2.75, 3.05) is 17.3 Å². The molecule has 88 valence electrons. The van der Waals surface area contributed by atoms with Crippen LogP contribution in [0.25, 0.3) is 0 Å². The minimum absolute atomic E-state index is 0.198. The fraction of sp³-hybridized carbons (Fsp3) is 0.462. The molecule has 3 heteroatoms. The summed E-state index contributed by atoms with van der Waals surface area (Å²) in [7, 11) is 0. The first kappa shape index (κ1) is 13.1. The van der Waals surface area contributed by atoms with E-state index >= 15 is 0 Å². The standard InChI is InChI=1S/C13H19NOS/c1-4-13(15)11-5-7-12(8-6-11)14-10(2)9-16-3/h5-8,10,14H,4,9H2,1-3H3. The Hall–Kier alpha value is -0.960. The molecular formula is C13H19NOS. The van der Waals surface area contributed by atoms with E-state index in [0.29, 0.717) is 12.5 Å². The van der Waals surface area contributed by atoms with Gasteiger partial charge in [-0.3, -0.25) is 4.79 Å². The average Bonchev–Trinajstić information content (AvgIpc) is 2.29. The lowest BCUT2D eigenvalue weighted by molar-refractivity contribution is 0.0988. The first-order chi connectivity index (χ1) is 7.67. The summed E-state index contributed by atoms with van der Waals surface area (Å²) in [6, 6.07) is 8.17. The van der Waals surface area contributed by atoms with E-state index in [1.807, 2.05) is 43.0 Å². The van der Waals surface area contributed by atoms with Gasteiger partial charge in [-0.05, 0) is 37.4 Å². The second-order valence-corrected chi connectivity index (χ2v) is 4.77. The number of benzene rings is 1. The van der Waals surface area contributed by atoms with Gasteiger partial charge >= 0.3 is 0 Å². The van der Waals surface area contributed by atoms with E-state index < -0.39 is 0 Å². The maximum atomic E-state index is 11.4. The van der Waals surface area contributed by atoms with E-state index in [9.17, 15) is 4.79 Å². The van der Waals surface area contributed by atoms with Gasteiger partial charge in [-0.2, -0.15) is 11.8 Å². The molecule has 0 aliphatic rings. The van der Waals surface area contributed by atoms with Gasteiger partial charge in [0, 0.05) is 29.5 Å². The van der Waals surface area contributed by atoms with Gasteiger partial charge in [0.1, 0.15) is 0 Å². The zero-order valence-corrected chi connectivity index (χ0v) is 10.9. The lowest BCUT2D eigenvalue weighted by atomic mass is 10.1. The second-order valence-electron chi connectivity index (χ2n) is 3.85. The lowest BCUT2D eigenvalue weighted by Crippen LogP contribution is -2.17. The minimum atomic E-state index is 0.198. The number of rotatable bonds is 6. The van der Waals surface area contributed by atoms with Crippen LogP contribution in [0.2, 0.25) is 0 Å². The molecule has 1 rings (SSSR count). The molecule has 0 spiro atoms. The van der Waals surface area contributed by atoms with Crippen molar-refractivity contribution in [2.45, 2.75) is 26.3 Å². The summed E-state index contributed by atoms with van der Waals surface area (Å²) in [6.45, 7) is 4.04. The van der Waals surface area contributed by atoms with E-state index in [1.165, 1.54) is 0 Å². The summed E-state index contributed by atoms with van der Waals surface area (Å²) >= 11 is 1.82.